The first kappa shape index (κ1) is 23.6. The van der Waals surface area contributed by atoms with Gasteiger partial charge < -0.3 is 15.2 Å². The van der Waals surface area contributed by atoms with Crippen LogP contribution in [0.2, 0.25) is 10.0 Å². The highest BCUT2D eigenvalue weighted by atomic mass is 79.9. The molecule has 2 N–H and O–H groups in total. The number of halogens is 3. The predicted octanol–water partition coefficient (Wildman–Crippen LogP) is 5.10. The number of aryl methyl sites for hydroxylation is 1. The summed E-state index contributed by atoms with van der Waals surface area (Å²) in [6, 6.07) is 10.5. The molecule has 162 valence electrons. The molecule has 0 saturated carbocycles. The van der Waals surface area contributed by atoms with Crippen LogP contribution in [0.4, 0.5) is 11.4 Å². The lowest BCUT2D eigenvalue weighted by atomic mass is 10.2. The smallest absolute Gasteiger partial charge is 0.234 e. The van der Waals surface area contributed by atoms with E-state index in [1.54, 1.807) is 29.8 Å². The fraction of sp³-hybridized carbons (Fsp3) is 0.200. The van der Waals surface area contributed by atoms with E-state index in [2.05, 4.69) is 36.8 Å². The molecule has 0 aliphatic rings. The van der Waals surface area contributed by atoms with Crippen molar-refractivity contribution in [2.24, 2.45) is 7.05 Å². The molecular formula is C20H18BrCl2N5O2S. The molecule has 0 bridgehead atoms. The second-order valence-corrected chi connectivity index (χ2v) is 9.28. The normalized spacial score (nSPS) is 10.7. The van der Waals surface area contributed by atoms with Crippen molar-refractivity contribution in [2.75, 3.05) is 16.4 Å². The second kappa shape index (κ2) is 10.5. The Labute approximate surface area is 202 Å². The SMILES string of the molecule is Cc1cc(Br)ccc1NC(=O)CSc1nnc(CC(=O)Nc2ccc(Cl)c(Cl)c2)n1C. The van der Waals surface area contributed by atoms with Gasteiger partial charge in [0.15, 0.2) is 5.16 Å². The lowest BCUT2D eigenvalue weighted by Gasteiger charge is -2.09. The van der Waals surface area contributed by atoms with E-state index in [1.807, 2.05) is 25.1 Å². The average Bonchev–Trinajstić information content (AvgIpc) is 3.05. The predicted molar refractivity (Wildman–Crippen MR) is 128 cm³/mol. The maximum Gasteiger partial charge on any atom is 0.234 e. The van der Waals surface area contributed by atoms with Gasteiger partial charge in [-0.25, -0.2) is 0 Å². The van der Waals surface area contributed by atoms with E-state index in [0.29, 0.717) is 26.7 Å². The molecule has 0 spiro atoms. The quantitative estimate of drug-likeness (QED) is 0.405. The third-order valence-corrected chi connectivity index (χ3v) is 6.49. The number of amides is 2. The summed E-state index contributed by atoms with van der Waals surface area (Å²) in [5.74, 6) is 0.215. The molecule has 2 amide bonds. The Kier molecular flexibility index (Phi) is 7.99. The summed E-state index contributed by atoms with van der Waals surface area (Å²) in [5, 5.41) is 15.1. The maximum atomic E-state index is 12.3. The molecule has 0 radical (unpaired) electrons. The Balaban J connectivity index is 1.55. The molecule has 0 unspecified atom stereocenters. The Hall–Kier alpha value is -2.07. The largest absolute Gasteiger partial charge is 0.326 e. The minimum atomic E-state index is -0.270. The van der Waals surface area contributed by atoms with E-state index in [0.717, 1.165) is 15.7 Å². The van der Waals surface area contributed by atoms with Crippen LogP contribution in [0, 0.1) is 6.92 Å². The van der Waals surface area contributed by atoms with Gasteiger partial charge in [0.25, 0.3) is 0 Å². The Morgan fingerprint density at radius 3 is 2.55 bits per heavy atom. The first-order valence-electron chi connectivity index (χ1n) is 9.05. The number of carbonyl (C=O) groups is 2. The number of carbonyl (C=O) groups excluding carboxylic acids is 2. The van der Waals surface area contributed by atoms with Crippen LogP contribution in [-0.4, -0.2) is 32.3 Å². The zero-order valence-corrected chi connectivity index (χ0v) is 20.5. The van der Waals surface area contributed by atoms with E-state index in [1.165, 1.54) is 11.8 Å². The van der Waals surface area contributed by atoms with E-state index in [-0.39, 0.29) is 24.0 Å². The monoisotopic (exact) mass is 541 g/mol. The minimum absolute atomic E-state index is 0.0224. The molecule has 2 aromatic carbocycles. The highest BCUT2D eigenvalue weighted by Gasteiger charge is 2.15. The highest BCUT2D eigenvalue weighted by molar-refractivity contribution is 9.10. The Morgan fingerprint density at radius 1 is 1.06 bits per heavy atom. The molecule has 3 aromatic rings. The number of nitrogens with one attached hydrogen (secondary N) is 2. The summed E-state index contributed by atoms with van der Waals surface area (Å²) in [4.78, 5) is 24.6. The Bertz CT molecular complexity index is 1140. The molecule has 1 aromatic heterocycles. The van der Waals surface area contributed by atoms with Gasteiger partial charge in [0.2, 0.25) is 11.8 Å². The van der Waals surface area contributed by atoms with E-state index in [4.69, 9.17) is 23.2 Å². The molecular weight excluding hydrogens is 525 g/mol. The molecule has 7 nitrogen and oxygen atoms in total. The Morgan fingerprint density at radius 2 is 1.84 bits per heavy atom. The zero-order valence-electron chi connectivity index (χ0n) is 16.6. The summed E-state index contributed by atoms with van der Waals surface area (Å²) in [6.07, 6.45) is 0.0224. The molecule has 3 rings (SSSR count). The van der Waals surface area contributed by atoms with Crippen molar-refractivity contribution >= 4 is 74.1 Å². The van der Waals surface area contributed by atoms with Gasteiger partial charge in [0.05, 0.1) is 22.2 Å². The van der Waals surface area contributed by atoms with E-state index < -0.39 is 0 Å². The summed E-state index contributed by atoms with van der Waals surface area (Å²) in [7, 11) is 1.75. The molecule has 0 atom stereocenters. The van der Waals surface area contributed by atoms with Gasteiger partial charge in [-0.15, -0.1) is 10.2 Å². The zero-order chi connectivity index (χ0) is 22.5. The van der Waals surface area contributed by atoms with Crippen molar-refractivity contribution in [3.8, 4) is 0 Å². The van der Waals surface area contributed by atoms with Crippen LogP contribution in [-0.2, 0) is 23.1 Å². The standard InChI is InChI=1S/C20H18BrCl2N5O2S/c1-11-7-12(21)3-6-16(11)25-19(30)10-31-20-27-26-17(28(20)2)9-18(29)24-13-4-5-14(22)15(23)8-13/h3-8H,9-10H2,1-2H3,(H,24,29)(H,25,30). The maximum absolute atomic E-state index is 12.3. The second-order valence-electron chi connectivity index (χ2n) is 6.61. The van der Waals surface area contributed by atoms with Gasteiger partial charge in [0.1, 0.15) is 5.82 Å². The van der Waals surface area contributed by atoms with Crippen LogP contribution in [0.3, 0.4) is 0 Å². The van der Waals surface area contributed by atoms with E-state index >= 15 is 0 Å². The van der Waals surface area contributed by atoms with Crippen LogP contribution < -0.4 is 10.6 Å². The van der Waals surface area contributed by atoms with Crippen molar-refractivity contribution in [1.82, 2.24) is 14.8 Å². The number of benzene rings is 2. The molecule has 0 fully saturated rings. The van der Waals surface area contributed by atoms with Crippen LogP contribution in [0.25, 0.3) is 0 Å². The fourth-order valence-corrected chi connectivity index (χ4v) is 4.13. The third-order valence-electron chi connectivity index (χ3n) is 4.24. The summed E-state index contributed by atoms with van der Waals surface area (Å²) in [6.45, 7) is 1.92. The average molecular weight is 543 g/mol. The van der Waals surface area contributed by atoms with Crippen LogP contribution in [0.15, 0.2) is 46.0 Å². The van der Waals surface area contributed by atoms with Gasteiger partial charge in [0, 0.05) is 22.9 Å². The summed E-state index contributed by atoms with van der Waals surface area (Å²) in [5.41, 5.74) is 2.25. The van der Waals surface area contributed by atoms with Crippen LogP contribution in [0.1, 0.15) is 11.4 Å². The number of hydrogen-bond donors (Lipinski definition) is 2. The number of aromatic nitrogens is 3. The van der Waals surface area contributed by atoms with Crippen LogP contribution >= 0.6 is 50.9 Å². The van der Waals surface area contributed by atoms with Crippen molar-refractivity contribution in [2.45, 2.75) is 18.5 Å². The number of anilines is 2. The number of nitrogens with zero attached hydrogens (tertiary/aromatic N) is 3. The van der Waals surface area contributed by atoms with Gasteiger partial charge >= 0.3 is 0 Å². The fourth-order valence-electron chi connectivity index (χ4n) is 2.63. The molecule has 0 saturated heterocycles. The topological polar surface area (TPSA) is 88.9 Å². The van der Waals surface area contributed by atoms with Crippen molar-refractivity contribution in [3.63, 3.8) is 0 Å². The van der Waals surface area contributed by atoms with Crippen LogP contribution in [0.5, 0.6) is 0 Å². The number of rotatable bonds is 7. The lowest BCUT2D eigenvalue weighted by molar-refractivity contribution is -0.116. The molecule has 11 heteroatoms. The lowest BCUT2D eigenvalue weighted by Crippen LogP contribution is -2.17. The van der Waals surface area contributed by atoms with Crippen molar-refractivity contribution < 1.29 is 9.59 Å². The van der Waals surface area contributed by atoms with E-state index in [9.17, 15) is 9.59 Å². The van der Waals surface area contributed by atoms with Crippen molar-refractivity contribution in [1.29, 1.82) is 0 Å². The van der Waals surface area contributed by atoms with Crippen molar-refractivity contribution in [3.05, 3.63) is 62.3 Å². The summed E-state index contributed by atoms with van der Waals surface area (Å²) >= 11 is 16.5. The van der Waals surface area contributed by atoms with Gasteiger partial charge in [-0.05, 0) is 48.9 Å². The number of hydrogen-bond acceptors (Lipinski definition) is 5. The first-order chi connectivity index (χ1) is 14.7. The molecule has 0 aliphatic carbocycles. The summed E-state index contributed by atoms with van der Waals surface area (Å²) < 4.78 is 2.64. The highest BCUT2D eigenvalue weighted by Crippen LogP contribution is 2.25. The molecule has 0 aliphatic heterocycles. The van der Waals surface area contributed by atoms with Gasteiger partial charge in [-0.3, -0.25) is 9.59 Å². The third kappa shape index (κ3) is 6.46. The molecule has 31 heavy (non-hydrogen) atoms. The van der Waals surface area contributed by atoms with Gasteiger partial charge in [-0.2, -0.15) is 0 Å². The number of thioether (sulfide) groups is 1. The minimum Gasteiger partial charge on any atom is -0.326 e. The first-order valence-corrected chi connectivity index (χ1v) is 11.6. The molecule has 1 heterocycles. The van der Waals surface area contributed by atoms with Gasteiger partial charge in [-0.1, -0.05) is 50.9 Å².